The number of hydrogen-bond acceptors (Lipinski definition) is 10. The Morgan fingerprint density at radius 2 is 1.86 bits per heavy atom. The molecule has 1 aromatic heterocycles. The summed E-state index contributed by atoms with van der Waals surface area (Å²) in [5.41, 5.74) is -1.35. The summed E-state index contributed by atoms with van der Waals surface area (Å²) in [5, 5.41) is 7.55. The highest BCUT2D eigenvalue weighted by Gasteiger charge is 2.63. The molecular formula is C42H57N5O9S. The minimum atomic E-state index is -4.00. The van der Waals surface area contributed by atoms with Crippen molar-refractivity contribution < 1.29 is 41.8 Å². The van der Waals surface area contributed by atoms with Gasteiger partial charge in [-0.1, -0.05) is 50.6 Å². The predicted molar refractivity (Wildman–Crippen MR) is 213 cm³/mol. The maximum atomic E-state index is 15.0. The molecule has 2 aromatic rings. The lowest BCUT2D eigenvalue weighted by atomic mass is 9.85. The lowest BCUT2D eigenvalue weighted by Crippen LogP contribution is -2.59. The average molecular weight is 808 g/mol. The number of pyridine rings is 1. The number of nitrogens with one attached hydrogen (secondary N) is 3. The minimum absolute atomic E-state index is 0.0153. The molecule has 0 radical (unpaired) electrons. The van der Waals surface area contributed by atoms with Crippen molar-refractivity contribution in [2.45, 2.75) is 140 Å². The molecule has 3 fully saturated rings. The van der Waals surface area contributed by atoms with Crippen molar-refractivity contribution in [2.75, 3.05) is 13.2 Å². The van der Waals surface area contributed by atoms with Gasteiger partial charge >= 0.3 is 6.09 Å². The zero-order valence-corrected chi connectivity index (χ0v) is 34.7. The maximum absolute atomic E-state index is 15.0. The first-order chi connectivity index (χ1) is 26.9. The van der Waals surface area contributed by atoms with Crippen molar-refractivity contribution >= 4 is 44.6 Å². The first kappa shape index (κ1) is 40.8. The molecule has 4 amide bonds. The van der Waals surface area contributed by atoms with Crippen LogP contribution in [0.25, 0.3) is 10.8 Å². The molecule has 1 saturated heterocycles. The van der Waals surface area contributed by atoms with Gasteiger partial charge in [0.05, 0.1) is 17.9 Å². The summed E-state index contributed by atoms with van der Waals surface area (Å²) in [4.78, 5) is 63.2. The molecule has 3 N–H and O–H groups in total. The SMILES string of the molecule is CC[C@@H]1C[C@@H](C)CC/C=C\[C@@H]2C[C@@]2(C(=O)NS(=O)(=O)C2(C)CC2)NC(=O)[C@@H]2C[C@@H](Oc3nc4c(c5ccccc35)CCCO4)CN2C(=O)[C@H]1NC(=O)OC(C)(C)C. The molecule has 14 nitrogen and oxygen atoms in total. The maximum Gasteiger partial charge on any atom is 0.408 e. The van der Waals surface area contributed by atoms with E-state index in [1.54, 1.807) is 27.7 Å². The number of sulfonamides is 1. The summed E-state index contributed by atoms with van der Waals surface area (Å²) in [6.45, 7) is 11.4. The number of amides is 4. The van der Waals surface area contributed by atoms with Crippen molar-refractivity contribution in [2.24, 2.45) is 17.8 Å². The molecule has 1 aromatic carbocycles. The molecule has 7 atom stereocenters. The van der Waals surface area contributed by atoms with Gasteiger partial charge in [-0.25, -0.2) is 13.2 Å². The molecule has 4 heterocycles. The van der Waals surface area contributed by atoms with E-state index in [4.69, 9.17) is 19.2 Å². The van der Waals surface area contributed by atoms with E-state index in [1.165, 1.54) is 4.90 Å². The molecular weight excluding hydrogens is 751 g/mol. The van der Waals surface area contributed by atoms with Gasteiger partial charge in [-0.05, 0) is 102 Å². The van der Waals surface area contributed by atoms with Crippen LogP contribution in [0.3, 0.4) is 0 Å². The van der Waals surface area contributed by atoms with E-state index < -0.39 is 73.8 Å². The van der Waals surface area contributed by atoms with Crippen LogP contribution in [-0.4, -0.2) is 89.3 Å². The molecule has 7 rings (SSSR count). The summed E-state index contributed by atoms with van der Waals surface area (Å²) < 4.78 is 46.0. The Labute approximate surface area is 335 Å². The fraction of sp³-hybridized carbons (Fsp3) is 0.643. The highest BCUT2D eigenvalue weighted by molar-refractivity contribution is 7.91. The smallest absolute Gasteiger partial charge is 0.408 e. The van der Waals surface area contributed by atoms with E-state index in [0.29, 0.717) is 50.5 Å². The second kappa shape index (κ2) is 15.4. The highest BCUT2D eigenvalue weighted by atomic mass is 32.2. The fourth-order valence-electron chi connectivity index (χ4n) is 8.54. The fourth-order valence-corrected chi connectivity index (χ4v) is 9.86. The third-order valence-electron chi connectivity index (χ3n) is 12.3. The number of aryl methyl sites for hydroxylation is 1. The second-order valence-electron chi connectivity index (χ2n) is 18.0. The number of hydrogen-bond donors (Lipinski definition) is 3. The van der Waals surface area contributed by atoms with Crippen molar-refractivity contribution in [3.63, 3.8) is 0 Å². The first-order valence-electron chi connectivity index (χ1n) is 20.5. The molecule has 2 saturated carbocycles. The van der Waals surface area contributed by atoms with Crippen LogP contribution in [0.2, 0.25) is 0 Å². The second-order valence-corrected chi connectivity index (χ2v) is 20.2. The normalized spacial score (nSPS) is 30.5. The van der Waals surface area contributed by atoms with Gasteiger partial charge in [0.15, 0.2) is 0 Å². The zero-order chi connectivity index (χ0) is 40.9. The first-order valence-corrected chi connectivity index (χ1v) is 22.0. The summed E-state index contributed by atoms with van der Waals surface area (Å²) in [6, 6.07) is 5.61. The van der Waals surface area contributed by atoms with Gasteiger partial charge in [-0.2, -0.15) is 4.98 Å². The van der Waals surface area contributed by atoms with Crippen LogP contribution in [0, 0.1) is 17.8 Å². The lowest BCUT2D eigenvalue weighted by Gasteiger charge is -2.34. The molecule has 3 aliphatic heterocycles. The quantitative estimate of drug-likeness (QED) is 0.320. The van der Waals surface area contributed by atoms with Crippen LogP contribution < -0.4 is 24.8 Å². The van der Waals surface area contributed by atoms with E-state index in [1.807, 2.05) is 43.3 Å². The van der Waals surface area contributed by atoms with Gasteiger partial charge in [0.2, 0.25) is 33.6 Å². The van der Waals surface area contributed by atoms with Gasteiger partial charge in [0.1, 0.15) is 29.3 Å². The Morgan fingerprint density at radius 3 is 2.56 bits per heavy atom. The van der Waals surface area contributed by atoms with Crippen LogP contribution in [0.5, 0.6) is 11.8 Å². The van der Waals surface area contributed by atoms with Gasteiger partial charge in [0, 0.05) is 23.3 Å². The van der Waals surface area contributed by atoms with Crippen molar-refractivity contribution in [1.82, 2.24) is 25.2 Å². The van der Waals surface area contributed by atoms with Crippen LogP contribution in [0.4, 0.5) is 4.79 Å². The molecule has 310 valence electrons. The molecule has 0 spiro atoms. The Morgan fingerprint density at radius 1 is 1.12 bits per heavy atom. The average Bonchev–Trinajstić information content (AvgIpc) is 4.04. The van der Waals surface area contributed by atoms with Crippen molar-refractivity contribution in [3.8, 4) is 11.8 Å². The summed E-state index contributed by atoms with van der Waals surface area (Å²) in [6.07, 6.45) is 7.87. The number of carbonyl (C=O) groups is 4. The van der Waals surface area contributed by atoms with Crippen LogP contribution in [0.1, 0.15) is 105 Å². The minimum Gasteiger partial charge on any atom is -0.477 e. The molecule has 0 bridgehead atoms. The summed E-state index contributed by atoms with van der Waals surface area (Å²) in [7, 11) is -4.00. The topological polar surface area (TPSA) is 182 Å². The van der Waals surface area contributed by atoms with Gasteiger partial charge in [-0.15, -0.1) is 0 Å². The Hall–Kier alpha value is -4.40. The number of alkyl carbamates (subject to hydrolysis) is 1. The summed E-state index contributed by atoms with van der Waals surface area (Å²) in [5.74, 6) is -1.65. The number of benzene rings is 1. The van der Waals surface area contributed by atoms with Crippen LogP contribution in [-0.2, 0) is 35.6 Å². The third kappa shape index (κ3) is 8.45. The van der Waals surface area contributed by atoms with E-state index in [9.17, 15) is 22.8 Å². The van der Waals surface area contributed by atoms with Crippen LogP contribution >= 0.6 is 0 Å². The van der Waals surface area contributed by atoms with Crippen molar-refractivity contribution in [3.05, 3.63) is 42.0 Å². The van der Waals surface area contributed by atoms with Gasteiger partial charge < -0.3 is 29.7 Å². The number of nitrogens with zero attached hydrogens (tertiary/aromatic N) is 2. The number of allylic oxidation sites excluding steroid dienone is 1. The van der Waals surface area contributed by atoms with Gasteiger partial charge in [-0.3, -0.25) is 19.1 Å². The number of fused-ring (bicyclic) bond motifs is 5. The lowest BCUT2D eigenvalue weighted by molar-refractivity contribution is -0.142. The number of ether oxygens (including phenoxy) is 3. The van der Waals surface area contributed by atoms with E-state index >= 15 is 4.79 Å². The monoisotopic (exact) mass is 807 g/mol. The molecule has 2 aliphatic carbocycles. The molecule has 5 aliphatic rings. The van der Waals surface area contributed by atoms with E-state index in [2.05, 4.69) is 22.3 Å². The Balaban J connectivity index is 1.25. The Kier molecular flexibility index (Phi) is 11.0. The number of rotatable bonds is 7. The predicted octanol–water partition coefficient (Wildman–Crippen LogP) is 5.08. The number of carbonyl (C=O) groups excluding carboxylic acids is 4. The molecule has 15 heteroatoms. The van der Waals surface area contributed by atoms with Gasteiger partial charge in [0.25, 0.3) is 5.91 Å². The van der Waals surface area contributed by atoms with Crippen molar-refractivity contribution in [1.29, 1.82) is 0 Å². The Bertz CT molecular complexity index is 2060. The highest BCUT2D eigenvalue weighted by Crippen LogP contribution is 2.48. The molecule has 57 heavy (non-hydrogen) atoms. The third-order valence-corrected chi connectivity index (χ3v) is 14.5. The zero-order valence-electron chi connectivity index (χ0n) is 33.9. The van der Waals surface area contributed by atoms with E-state index in [0.717, 1.165) is 35.6 Å². The largest absolute Gasteiger partial charge is 0.477 e. The van der Waals surface area contributed by atoms with E-state index in [-0.39, 0.29) is 31.2 Å². The molecule has 0 unspecified atom stereocenters. The summed E-state index contributed by atoms with van der Waals surface area (Å²) >= 11 is 0. The van der Waals surface area contributed by atoms with Crippen LogP contribution in [0.15, 0.2) is 36.4 Å². The number of aromatic nitrogens is 1. The standard InChI is InChI=1S/C42H57N5O9S/c1-7-26-21-25(2)13-8-9-14-27-23-42(27,38(50)46-57(52,53)41(6)18-19-41)45-34(48)32-22-28(24-47(32)37(49)33(26)43-39(51)56-40(3,4)5)55-36-31-16-11-10-15-29(31)30-17-12-20-54-35(30)44-36/h9-11,14-16,25-28,32-33H,7-8,12-13,17-24H2,1-6H3,(H,43,51)(H,45,48)(H,46,50)/b14-9-/t25-,26+,27+,28+,32-,33-,42+/m0/s1.